The molecule has 0 aromatic carbocycles. The average Bonchev–Trinajstić information content (AvgIpc) is 2.15. The zero-order chi connectivity index (χ0) is 7.56. The van der Waals surface area contributed by atoms with Crippen LogP contribution >= 0.6 is 11.6 Å². The summed E-state index contributed by atoms with van der Waals surface area (Å²) in [6.45, 7) is 0.589. The van der Waals surface area contributed by atoms with Crippen molar-refractivity contribution in [3.05, 3.63) is 0 Å². The second-order valence-corrected chi connectivity index (χ2v) is 2.87. The van der Waals surface area contributed by atoms with Crippen molar-refractivity contribution in [2.45, 2.75) is 24.3 Å². The van der Waals surface area contributed by atoms with Gasteiger partial charge in [-0.05, 0) is 6.42 Å². The van der Waals surface area contributed by atoms with Crippen LogP contribution in [0.2, 0.25) is 0 Å². The van der Waals surface area contributed by atoms with Gasteiger partial charge in [-0.1, -0.05) is 0 Å². The van der Waals surface area contributed by atoms with E-state index in [0.717, 1.165) is 6.42 Å². The van der Waals surface area contributed by atoms with E-state index in [2.05, 4.69) is 0 Å². The molecule has 0 bridgehead atoms. The molecule has 0 aromatic heterocycles. The number of aliphatic carboxylic acids is 1. The molecule has 4 heteroatoms. The molecule has 1 fully saturated rings. The molecule has 0 saturated carbocycles. The fourth-order valence-electron chi connectivity index (χ4n) is 0.981. The van der Waals surface area contributed by atoms with Gasteiger partial charge in [0, 0.05) is 6.61 Å². The number of alkyl halides is 1. The molecule has 1 aliphatic heterocycles. The summed E-state index contributed by atoms with van der Waals surface area (Å²) in [5.74, 6) is -0.849. The van der Waals surface area contributed by atoms with Crippen molar-refractivity contribution >= 4 is 17.6 Å². The minimum Gasteiger partial charge on any atom is -0.481 e. The molecule has 0 amide bonds. The maximum Gasteiger partial charge on any atom is 0.306 e. The average molecular weight is 165 g/mol. The molecule has 1 heterocycles. The zero-order valence-corrected chi connectivity index (χ0v) is 6.17. The molecule has 0 spiro atoms. The first kappa shape index (κ1) is 7.82. The third kappa shape index (κ3) is 1.85. The summed E-state index contributed by atoms with van der Waals surface area (Å²) >= 11 is 5.73. The monoisotopic (exact) mass is 164 g/mol. The smallest absolute Gasteiger partial charge is 0.306 e. The lowest BCUT2D eigenvalue weighted by atomic mass is 10.2. The Hall–Kier alpha value is -0.280. The maximum atomic E-state index is 10.2. The van der Waals surface area contributed by atoms with E-state index in [-0.39, 0.29) is 17.9 Å². The minimum atomic E-state index is -0.849. The first-order chi connectivity index (χ1) is 4.70. The van der Waals surface area contributed by atoms with Gasteiger partial charge < -0.3 is 9.84 Å². The van der Waals surface area contributed by atoms with Crippen LogP contribution in [0.1, 0.15) is 12.8 Å². The Kier molecular flexibility index (Phi) is 2.51. The Morgan fingerprint density at radius 3 is 2.90 bits per heavy atom. The SMILES string of the molecule is O=C(O)CC1OCCC1Cl. The van der Waals surface area contributed by atoms with Crippen molar-refractivity contribution in [3.63, 3.8) is 0 Å². The molecule has 1 aliphatic rings. The number of ether oxygens (including phenoxy) is 1. The summed E-state index contributed by atoms with van der Waals surface area (Å²) < 4.78 is 5.06. The van der Waals surface area contributed by atoms with Gasteiger partial charge >= 0.3 is 5.97 Å². The van der Waals surface area contributed by atoms with E-state index in [0.29, 0.717) is 6.61 Å². The van der Waals surface area contributed by atoms with E-state index in [1.54, 1.807) is 0 Å². The van der Waals surface area contributed by atoms with Gasteiger partial charge in [-0.15, -0.1) is 11.6 Å². The summed E-state index contributed by atoms with van der Waals surface area (Å²) in [6, 6.07) is 0. The van der Waals surface area contributed by atoms with Crippen LogP contribution in [0.4, 0.5) is 0 Å². The van der Waals surface area contributed by atoms with Crippen LogP contribution in [0, 0.1) is 0 Å². The molecule has 0 aromatic rings. The van der Waals surface area contributed by atoms with E-state index < -0.39 is 5.97 Å². The highest BCUT2D eigenvalue weighted by atomic mass is 35.5. The van der Waals surface area contributed by atoms with Crippen molar-refractivity contribution in [2.75, 3.05) is 6.61 Å². The zero-order valence-electron chi connectivity index (χ0n) is 5.42. The molecular formula is C6H9ClO3. The second kappa shape index (κ2) is 3.21. The maximum absolute atomic E-state index is 10.2. The quantitative estimate of drug-likeness (QED) is 0.616. The van der Waals surface area contributed by atoms with Crippen molar-refractivity contribution in [3.8, 4) is 0 Å². The topological polar surface area (TPSA) is 46.5 Å². The van der Waals surface area contributed by atoms with Crippen LogP contribution in [0.5, 0.6) is 0 Å². The predicted octanol–water partition coefficient (Wildman–Crippen LogP) is 0.857. The van der Waals surface area contributed by atoms with Gasteiger partial charge in [0.25, 0.3) is 0 Å². The number of hydrogen-bond acceptors (Lipinski definition) is 2. The van der Waals surface area contributed by atoms with Crippen LogP contribution in [0.15, 0.2) is 0 Å². The Morgan fingerprint density at radius 1 is 1.80 bits per heavy atom. The fourth-order valence-corrected chi connectivity index (χ4v) is 1.23. The van der Waals surface area contributed by atoms with Crippen molar-refractivity contribution in [2.24, 2.45) is 0 Å². The highest BCUT2D eigenvalue weighted by molar-refractivity contribution is 6.21. The highest BCUT2D eigenvalue weighted by Crippen LogP contribution is 2.21. The second-order valence-electron chi connectivity index (χ2n) is 2.31. The minimum absolute atomic E-state index is 0.0220. The van der Waals surface area contributed by atoms with Gasteiger partial charge in [-0.2, -0.15) is 0 Å². The van der Waals surface area contributed by atoms with Crippen molar-refractivity contribution < 1.29 is 14.6 Å². The van der Waals surface area contributed by atoms with Gasteiger partial charge in [-0.3, -0.25) is 4.79 Å². The highest BCUT2D eigenvalue weighted by Gasteiger charge is 2.27. The molecule has 1 saturated heterocycles. The van der Waals surface area contributed by atoms with Crippen molar-refractivity contribution in [1.29, 1.82) is 0 Å². The normalized spacial score (nSPS) is 32.5. The Morgan fingerprint density at radius 2 is 2.50 bits per heavy atom. The van der Waals surface area contributed by atoms with Gasteiger partial charge in [0.05, 0.1) is 17.9 Å². The van der Waals surface area contributed by atoms with Gasteiger partial charge in [0.2, 0.25) is 0 Å². The molecule has 58 valence electrons. The molecule has 2 atom stereocenters. The lowest BCUT2D eigenvalue weighted by Crippen LogP contribution is -2.19. The fraction of sp³-hybridized carbons (Fsp3) is 0.833. The van der Waals surface area contributed by atoms with Crippen LogP contribution in [-0.4, -0.2) is 29.2 Å². The lowest BCUT2D eigenvalue weighted by Gasteiger charge is -2.08. The molecule has 2 unspecified atom stereocenters. The van der Waals surface area contributed by atoms with Crippen LogP contribution in [0.3, 0.4) is 0 Å². The molecule has 10 heavy (non-hydrogen) atoms. The number of hydrogen-bond donors (Lipinski definition) is 1. The first-order valence-electron chi connectivity index (χ1n) is 3.17. The lowest BCUT2D eigenvalue weighted by molar-refractivity contribution is -0.139. The summed E-state index contributed by atoms with van der Waals surface area (Å²) in [7, 11) is 0. The molecule has 1 rings (SSSR count). The molecule has 1 N–H and O–H groups in total. The van der Waals surface area contributed by atoms with E-state index in [1.807, 2.05) is 0 Å². The summed E-state index contributed by atoms with van der Waals surface area (Å²) in [4.78, 5) is 10.2. The van der Waals surface area contributed by atoms with E-state index in [4.69, 9.17) is 21.4 Å². The third-order valence-electron chi connectivity index (χ3n) is 1.50. The number of rotatable bonds is 2. The molecular weight excluding hydrogens is 156 g/mol. The van der Waals surface area contributed by atoms with Gasteiger partial charge in [0.1, 0.15) is 0 Å². The summed E-state index contributed by atoms with van der Waals surface area (Å²) in [6.07, 6.45) is 0.507. The Bertz CT molecular complexity index is 137. The standard InChI is InChI=1S/C6H9ClO3/c7-4-1-2-10-5(4)3-6(8)9/h4-5H,1-3H2,(H,8,9). The van der Waals surface area contributed by atoms with Gasteiger partial charge in [-0.25, -0.2) is 0 Å². The number of carboxylic acid groups (broad SMARTS) is 1. The van der Waals surface area contributed by atoms with Crippen LogP contribution in [-0.2, 0) is 9.53 Å². The number of carbonyl (C=O) groups is 1. The Labute approximate surface area is 63.9 Å². The third-order valence-corrected chi connectivity index (χ3v) is 2.00. The van der Waals surface area contributed by atoms with Crippen molar-refractivity contribution in [1.82, 2.24) is 0 Å². The first-order valence-corrected chi connectivity index (χ1v) is 3.61. The summed E-state index contributed by atoms with van der Waals surface area (Å²) in [5.41, 5.74) is 0. The van der Waals surface area contributed by atoms with Crippen LogP contribution < -0.4 is 0 Å². The van der Waals surface area contributed by atoms with Gasteiger partial charge in [0.15, 0.2) is 0 Å². The molecule has 0 aliphatic carbocycles. The van der Waals surface area contributed by atoms with Crippen LogP contribution in [0.25, 0.3) is 0 Å². The van der Waals surface area contributed by atoms with E-state index in [1.165, 1.54) is 0 Å². The molecule has 3 nitrogen and oxygen atoms in total. The molecule has 0 radical (unpaired) electrons. The number of halogens is 1. The summed E-state index contributed by atoms with van der Waals surface area (Å²) in [5, 5.41) is 8.24. The largest absolute Gasteiger partial charge is 0.481 e. The predicted molar refractivity (Wildman–Crippen MR) is 36.3 cm³/mol. The van der Waals surface area contributed by atoms with E-state index in [9.17, 15) is 4.79 Å². The number of carboxylic acids is 1. The Balaban J connectivity index is 2.33. The van der Waals surface area contributed by atoms with E-state index >= 15 is 0 Å².